The summed E-state index contributed by atoms with van der Waals surface area (Å²) < 4.78 is 2.00. The van der Waals surface area contributed by atoms with E-state index in [0.717, 1.165) is 16.5 Å². The number of carbonyl (C=O) groups is 1. The Morgan fingerprint density at radius 2 is 2.06 bits per heavy atom. The van der Waals surface area contributed by atoms with Crippen LogP contribution in [0, 0.1) is 6.92 Å². The molecule has 3 heteroatoms. The number of hydrogen-bond acceptors (Lipinski definition) is 1. The summed E-state index contributed by atoms with van der Waals surface area (Å²) in [5, 5.41) is 9.98. The maximum Gasteiger partial charge on any atom is 0.337 e. The van der Waals surface area contributed by atoms with E-state index in [1.165, 1.54) is 0 Å². The molecule has 0 unspecified atom stereocenters. The van der Waals surface area contributed by atoms with Gasteiger partial charge in [-0.3, -0.25) is 0 Å². The molecule has 0 saturated carbocycles. The Labute approximate surface area is 94.3 Å². The van der Waals surface area contributed by atoms with E-state index in [1.807, 2.05) is 43.5 Å². The van der Waals surface area contributed by atoms with Crippen molar-refractivity contribution in [3.63, 3.8) is 0 Å². The minimum atomic E-state index is -0.866. The average molecular weight is 217 g/mol. The predicted molar refractivity (Wildman–Crippen MR) is 64.0 cm³/mol. The van der Waals surface area contributed by atoms with Gasteiger partial charge in [0.15, 0.2) is 0 Å². The van der Waals surface area contributed by atoms with Crippen LogP contribution in [-0.2, 0) is 0 Å². The molecular weight excluding hydrogens is 202 g/mol. The fourth-order valence-electron chi connectivity index (χ4n) is 1.97. The summed E-state index contributed by atoms with van der Waals surface area (Å²) in [6, 6.07) is 6.18. The Bertz CT molecular complexity index is 552. The number of aryl methyl sites for hydroxylation is 1. The number of rotatable bonds is 2. The second-order valence-electron chi connectivity index (χ2n) is 4.37. The molecule has 0 spiro atoms. The molecule has 0 atom stereocenters. The molecule has 1 heterocycles. The lowest BCUT2D eigenvalue weighted by Gasteiger charge is -2.08. The van der Waals surface area contributed by atoms with Crippen LogP contribution in [0.25, 0.3) is 10.9 Å². The van der Waals surface area contributed by atoms with Gasteiger partial charge in [0.05, 0.1) is 5.56 Å². The van der Waals surface area contributed by atoms with Gasteiger partial charge in [-0.2, -0.15) is 0 Å². The van der Waals surface area contributed by atoms with Crippen molar-refractivity contribution in [2.24, 2.45) is 0 Å². The number of aromatic nitrogens is 1. The summed E-state index contributed by atoms with van der Waals surface area (Å²) in [4.78, 5) is 11.1. The lowest BCUT2D eigenvalue weighted by Crippen LogP contribution is -1.99. The molecule has 0 amide bonds. The normalized spacial score (nSPS) is 11.2. The predicted octanol–water partition coefficient (Wildman–Crippen LogP) is 3.23. The summed E-state index contributed by atoms with van der Waals surface area (Å²) >= 11 is 0. The van der Waals surface area contributed by atoms with Gasteiger partial charge >= 0.3 is 5.97 Å². The van der Waals surface area contributed by atoms with Gasteiger partial charge in [0.1, 0.15) is 0 Å². The van der Waals surface area contributed by atoms with Crippen LogP contribution in [-0.4, -0.2) is 15.6 Å². The Morgan fingerprint density at radius 1 is 1.38 bits per heavy atom. The van der Waals surface area contributed by atoms with E-state index in [9.17, 15) is 4.79 Å². The van der Waals surface area contributed by atoms with Gasteiger partial charge < -0.3 is 9.67 Å². The molecule has 3 nitrogen and oxygen atoms in total. The zero-order chi connectivity index (χ0) is 11.9. The van der Waals surface area contributed by atoms with E-state index in [-0.39, 0.29) is 6.04 Å². The lowest BCUT2D eigenvalue weighted by atomic mass is 10.1. The molecule has 0 aliphatic heterocycles. The molecule has 0 radical (unpaired) electrons. The maximum absolute atomic E-state index is 11.1. The third-order valence-corrected chi connectivity index (χ3v) is 2.78. The number of carboxylic acid groups (broad SMARTS) is 1. The Balaban J connectivity index is 2.81. The average Bonchev–Trinajstić information content (AvgIpc) is 2.56. The first kappa shape index (κ1) is 10.7. The minimum absolute atomic E-state index is 0.262. The molecule has 1 N–H and O–H groups in total. The molecule has 0 aliphatic carbocycles. The Kier molecular flexibility index (Phi) is 2.46. The molecule has 1 aromatic carbocycles. The van der Waals surface area contributed by atoms with E-state index in [2.05, 4.69) is 0 Å². The fraction of sp³-hybridized carbons (Fsp3) is 0.308. The van der Waals surface area contributed by atoms with Crippen molar-refractivity contribution in [3.8, 4) is 0 Å². The van der Waals surface area contributed by atoms with E-state index in [0.29, 0.717) is 5.56 Å². The zero-order valence-electron chi connectivity index (χ0n) is 9.69. The topological polar surface area (TPSA) is 42.2 Å². The number of fused-ring (bicyclic) bond motifs is 1. The smallest absolute Gasteiger partial charge is 0.337 e. The van der Waals surface area contributed by atoms with E-state index in [4.69, 9.17) is 5.11 Å². The summed E-state index contributed by atoms with van der Waals surface area (Å²) in [6.07, 6.45) is 1.72. The van der Waals surface area contributed by atoms with Crippen LogP contribution in [0.15, 0.2) is 24.4 Å². The van der Waals surface area contributed by atoms with Crippen molar-refractivity contribution in [1.82, 2.24) is 4.57 Å². The molecule has 16 heavy (non-hydrogen) atoms. The largest absolute Gasteiger partial charge is 0.478 e. The molecular formula is C13H15NO2. The van der Waals surface area contributed by atoms with Crippen molar-refractivity contribution < 1.29 is 9.90 Å². The number of nitrogens with zero attached hydrogens (tertiary/aromatic N) is 1. The van der Waals surface area contributed by atoms with Crippen molar-refractivity contribution in [2.75, 3.05) is 0 Å². The van der Waals surface area contributed by atoms with Crippen molar-refractivity contribution >= 4 is 16.9 Å². The highest BCUT2D eigenvalue weighted by atomic mass is 16.4. The monoisotopic (exact) mass is 217 g/mol. The Hall–Kier alpha value is -1.77. The van der Waals surface area contributed by atoms with Crippen LogP contribution in [0.2, 0.25) is 0 Å². The van der Waals surface area contributed by atoms with Crippen LogP contribution in [0.5, 0.6) is 0 Å². The van der Waals surface area contributed by atoms with Gasteiger partial charge in [-0.15, -0.1) is 0 Å². The maximum atomic E-state index is 11.1. The summed E-state index contributed by atoms with van der Waals surface area (Å²) in [6.45, 7) is 6.06. The Morgan fingerprint density at radius 3 is 2.62 bits per heavy atom. The fourth-order valence-corrected chi connectivity index (χ4v) is 1.97. The van der Waals surface area contributed by atoms with Gasteiger partial charge in [-0.1, -0.05) is 11.6 Å². The van der Waals surface area contributed by atoms with E-state index >= 15 is 0 Å². The van der Waals surface area contributed by atoms with E-state index < -0.39 is 5.97 Å². The molecule has 2 rings (SSSR count). The summed E-state index contributed by atoms with van der Waals surface area (Å²) in [5.41, 5.74) is 2.45. The highest BCUT2D eigenvalue weighted by Gasteiger charge is 2.15. The third kappa shape index (κ3) is 1.58. The third-order valence-electron chi connectivity index (χ3n) is 2.78. The van der Waals surface area contributed by atoms with Crippen LogP contribution >= 0.6 is 0 Å². The first-order chi connectivity index (χ1) is 7.50. The molecule has 84 valence electrons. The minimum Gasteiger partial charge on any atom is -0.478 e. The number of hydrogen-bond donors (Lipinski definition) is 1. The standard InChI is InChI=1S/C13H15NO2/c1-8(2)14-7-11(13(15)16)10-6-9(3)4-5-12(10)14/h4-8H,1-3H3,(H,15,16). The quantitative estimate of drug-likeness (QED) is 0.839. The van der Waals surface area contributed by atoms with Crippen molar-refractivity contribution in [2.45, 2.75) is 26.8 Å². The van der Waals surface area contributed by atoms with Gasteiger partial charge in [0, 0.05) is 23.1 Å². The van der Waals surface area contributed by atoms with Gasteiger partial charge in [0.25, 0.3) is 0 Å². The van der Waals surface area contributed by atoms with E-state index in [1.54, 1.807) is 6.20 Å². The van der Waals surface area contributed by atoms with Gasteiger partial charge in [-0.05, 0) is 32.9 Å². The molecule has 0 bridgehead atoms. The second kappa shape index (κ2) is 3.67. The summed E-state index contributed by atoms with van der Waals surface area (Å²) in [5.74, 6) is -0.866. The van der Waals surface area contributed by atoms with Gasteiger partial charge in [0.2, 0.25) is 0 Å². The highest BCUT2D eigenvalue weighted by molar-refractivity contribution is 6.03. The zero-order valence-corrected chi connectivity index (χ0v) is 9.69. The first-order valence-electron chi connectivity index (χ1n) is 5.35. The first-order valence-corrected chi connectivity index (χ1v) is 5.35. The number of aromatic carboxylic acids is 1. The highest BCUT2D eigenvalue weighted by Crippen LogP contribution is 2.25. The SMILES string of the molecule is Cc1ccc2c(c1)c(C(=O)O)cn2C(C)C. The van der Waals surface area contributed by atoms with Crippen LogP contribution in [0.3, 0.4) is 0 Å². The second-order valence-corrected chi connectivity index (χ2v) is 4.37. The molecule has 1 aromatic heterocycles. The number of benzene rings is 1. The molecule has 0 saturated heterocycles. The molecule has 2 aromatic rings. The molecule has 0 fully saturated rings. The lowest BCUT2D eigenvalue weighted by molar-refractivity contribution is 0.0699. The molecule has 0 aliphatic rings. The van der Waals surface area contributed by atoms with Gasteiger partial charge in [-0.25, -0.2) is 4.79 Å². The van der Waals surface area contributed by atoms with Crippen LogP contribution in [0.4, 0.5) is 0 Å². The summed E-state index contributed by atoms with van der Waals surface area (Å²) in [7, 11) is 0. The van der Waals surface area contributed by atoms with Crippen molar-refractivity contribution in [1.29, 1.82) is 0 Å². The van der Waals surface area contributed by atoms with Crippen LogP contribution in [0.1, 0.15) is 35.8 Å². The number of carboxylic acids is 1. The van der Waals surface area contributed by atoms with Crippen LogP contribution < -0.4 is 0 Å². The van der Waals surface area contributed by atoms with Crippen molar-refractivity contribution in [3.05, 3.63) is 35.5 Å².